The summed E-state index contributed by atoms with van der Waals surface area (Å²) in [7, 11) is 1.41. The molecule has 94 valence electrons. The second kappa shape index (κ2) is 6.35. The quantitative estimate of drug-likeness (QED) is 0.794. The van der Waals surface area contributed by atoms with Crippen molar-refractivity contribution in [2.24, 2.45) is 5.92 Å². The fourth-order valence-corrected chi connectivity index (χ4v) is 1.65. The lowest BCUT2D eigenvalue weighted by atomic mass is 10.0. The Kier molecular flexibility index (Phi) is 5.10. The van der Waals surface area contributed by atoms with E-state index in [0.29, 0.717) is 0 Å². The molecule has 0 bridgehead atoms. The summed E-state index contributed by atoms with van der Waals surface area (Å²) in [6.45, 7) is 5.86. The van der Waals surface area contributed by atoms with Gasteiger partial charge in [0, 0.05) is 18.3 Å². The Bertz CT molecular complexity index is 354. The van der Waals surface area contributed by atoms with E-state index in [-0.39, 0.29) is 24.0 Å². The summed E-state index contributed by atoms with van der Waals surface area (Å²) in [4.78, 5) is 15.7. The van der Waals surface area contributed by atoms with Gasteiger partial charge in [0.15, 0.2) is 0 Å². The van der Waals surface area contributed by atoms with Crippen molar-refractivity contribution in [2.45, 2.75) is 32.9 Å². The van der Waals surface area contributed by atoms with E-state index in [9.17, 15) is 4.79 Å². The summed E-state index contributed by atoms with van der Waals surface area (Å²) in [5, 5.41) is 3.35. The highest BCUT2D eigenvalue weighted by Gasteiger charge is 2.22. The number of aromatic nitrogens is 1. The van der Waals surface area contributed by atoms with Gasteiger partial charge in [-0.2, -0.15) is 0 Å². The van der Waals surface area contributed by atoms with Gasteiger partial charge in [0.2, 0.25) is 0 Å². The Labute approximate surface area is 102 Å². The Morgan fingerprint density at radius 1 is 1.35 bits per heavy atom. The summed E-state index contributed by atoms with van der Waals surface area (Å²) in [6, 6.07) is 5.96. The van der Waals surface area contributed by atoms with Gasteiger partial charge in [-0.05, 0) is 26.0 Å². The molecule has 17 heavy (non-hydrogen) atoms. The van der Waals surface area contributed by atoms with E-state index >= 15 is 0 Å². The van der Waals surface area contributed by atoms with E-state index in [1.54, 1.807) is 6.20 Å². The van der Waals surface area contributed by atoms with Crippen molar-refractivity contribution in [3.8, 4) is 0 Å². The van der Waals surface area contributed by atoms with Crippen molar-refractivity contribution in [1.29, 1.82) is 0 Å². The number of esters is 1. The van der Waals surface area contributed by atoms with Crippen LogP contribution in [0.4, 0.5) is 0 Å². The SMILES string of the molecule is COC(=O)C(C)C(C)N[C@@H](C)c1ccccn1. The number of methoxy groups -OCH3 is 1. The van der Waals surface area contributed by atoms with E-state index in [1.807, 2.05) is 39.0 Å². The zero-order valence-corrected chi connectivity index (χ0v) is 10.8. The molecule has 1 aromatic rings. The fourth-order valence-electron chi connectivity index (χ4n) is 1.65. The Morgan fingerprint density at radius 2 is 2.06 bits per heavy atom. The maximum atomic E-state index is 11.4. The van der Waals surface area contributed by atoms with Crippen molar-refractivity contribution in [1.82, 2.24) is 10.3 Å². The number of pyridine rings is 1. The minimum Gasteiger partial charge on any atom is -0.469 e. The standard InChI is InChI=1S/C13H20N2O2/c1-9(13(16)17-4)10(2)15-11(3)12-7-5-6-8-14-12/h5-11,15H,1-4H3/t9?,10?,11-/m0/s1. The molecule has 4 heteroatoms. The molecule has 0 fully saturated rings. The molecule has 0 aliphatic heterocycles. The van der Waals surface area contributed by atoms with Crippen LogP contribution < -0.4 is 5.32 Å². The molecule has 1 N–H and O–H groups in total. The van der Waals surface area contributed by atoms with Crippen molar-refractivity contribution >= 4 is 5.97 Å². The number of carbonyl (C=O) groups is 1. The van der Waals surface area contributed by atoms with Crippen LogP contribution >= 0.6 is 0 Å². The summed E-state index contributed by atoms with van der Waals surface area (Å²) in [5.41, 5.74) is 0.969. The zero-order valence-electron chi connectivity index (χ0n) is 10.8. The van der Waals surface area contributed by atoms with Crippen LogP contribution in [-0.2, 0) is 9.53 Å². The summed E-state index contributed by atoms with van der Waals surface area (Å²) >= 11 is 0. The molecule has 1 heterocycles. The molecule has 2 unspecified atom stereocenters. The highest BCUT2D eigenvalue weighted by atomic mass is 16.5. The number of nitrogens with zero attached hydrogens (tertiary/aromatic N) is 1. The number of carbonyl (C=O) groups excluding carboxylic acids is 1. The van der Waals surface area contributed by atoms with E-state index in [0.717, 1.165) is 5.69 Å². The first-order valence-corrected chi connectivity index (χ1v) is 5.81. The van der Waals surface area contributed by atoms with Gasteiger partial charge in [-0.1, -0.05) is 13.0 Å². The summed E-state index contributed by atoms with van der Waals surface area (Å²) in [6.07, 6.45) is 1.77. The third-order valence-electron chi connectivity index (χ3n) is 2.97. The van der Waals surface area contributed by atoms with Crippen LogP contribution in [0.15, 0.2) is 24.4 Å². The largest absolute Gasteiger partial charge is 0.469 e. The van der Waals surface area contributed by atoms with Crippen molar-refractivity contribution in [2.75, 3.05) is 7.11 Å². The van der Waals surface area contributed by atoms with Crippen LogP contribution in [0.5, 0.6) is 0 Å². The maximum absolute atomic E-state index is 11.4. The van der Waals surface area contributed by atoms with Crippen molar-refractivity contribution in [3.63, 3.8) is 0 Å². The van der Waals surface area contributed by atoms with Gasteiger partial charge < -0.3 is 10.1 Å². The maximum Gasteiger partial charge on any atom is 0.309 e. The topological polar surface area (TPSA) is 51.2 Å². The lowest BCUT2D eigenvalue weighted by Gasteiger charge is -2.23. The molecular formula is C13H20N2O2. The molecule has 0 aliphatic rings. The molecule has 0 saturated heterocycles. The van der Waals surface area contributed by atoms with E-state index in [2.05, 4.69) is 10.3 Å². The van der Waals surface area contributed by atoms with Crippen molar-refractivity contribution < 1.29 is 9.53 Å². The van der Waals surface area contributed by atoms with Gasteiger partial charge in [0.05, 0.1) is 18.7 Å². The Morgan fingerprint density at radius 3 is 2.59 bits per heavy atom. The van der Waals surface area contributed by atoms with Crippen LogP contribution in [0.2, 0.25) is 0 Å². The third-order valence-corrected chi connectivity index (χ3v) is 2.97. The average molecular weight is 236 g/mol. The van der Waals surface area contributed by atoms with Gasteiger partial charge in [0.1, 0.15) is 0 Å². The van der Waals surface area contributed by atoms with Crippen LogP contribution in [0.3, 0.4) is 0 Å². The Hall–Kier alpha value is -1.42. The molecule has 0 aromatic carbocycles. The first kappa shape index (κ1) is 13.6. The Balaban J connectivity index is 2.57. The molecule has 0 amide bonds. The van der Waals surface area contributed by atoms with Crippen LogP contribution in [0.25, 0.3) is 0 Å². The monoisotopic (exact) mass is 236 g/mol. The molecule has 4 nitrogen and oxygen atoms in total. The van der Waals surface area contributed by atoms with E-state index in [1.165, 1.54) is 7.11 Å². The first-order valence-electron chi connectivity index (χ1n) is 5.81. The lowest BCUT2D eigenvalue weighted by molar-refractivity contribution is -0.145. The van der Waals surface area contributed by atoms with Gasteiger partial charge >= 0.3 is 5.97 Å². The minimum absolute atomic E-state index is 0.0412. The van der Waals surface area contributed by atoms with Gasteiger partial charge in [-0.3, -0.25) is 9.78 Å². The first-order chi connectivity index (χ1) is 8.06. The number of ether oxygens (including phenoxy) is 1. The van der Waals surface area contributed by atoms with Gasteiger partial charge in [-0.15, -0.1) is 0 Å². The second-order valence-corrected chi connectivity index (χ2v) is 4.24. The second-order valence-electron chi connectivity index (χ2n) is 4.24. The fraction of sp³-hybridized carbons (Fsp3) is 0.538. The average Bonchev–Trinajstić information content (AvgIpc) is 2.37. The third kappa shape index (κ3) is 3.82. The van der Waals surface area contributed by atoms with E-state index < -0.39 is 0 Å². The van der Waals surface area contributed by atoms with Gasteiger partial charge in [0.25, 0.3) is 0 Å². The lowest BCUT2D eigenvalue weighted by Crippen LogP contribution is -2.38. The molecule has 1 rings (SSSR count). The minimum atomic E-state index is -0.196. The molecule has 0 saturated carbocycles. The number of nitrogens with one attached hydrogen (secondary N) is 1. The normalized spacial score (nSPS) is 16.0. The summed E-state index contributed by atoms with van der Waals surface area (Å²) in [5.74, 6) is -0.371. The highest BCUT2D eigenvalue weighted by Crippen LogP contribution is 2.13. The predicted molar refractivity (Wildman–Crippen MR) is 66.4 cm³/mol. The highest BCUT2D eigenvalue weighted by molar-refractivity contribution is 5.72. The number of rotatable bonds is 5. The van der Waals surface area contributed by atoms with Crippen molar-refractivity contribution in [3.05, 3.63) is 30.1 Å². The van der Waals surface area contributed by atoms with E-state index in [4.69, 9.17) is 4.74 Å². The van der Waals surface area contributed by atoms with Crippen LogP contribution in [-0.4, -0.2) is 24.1 Å². The zero-order chi connectivity index (χ0) is 12.8. The molecule has 3 atom stereocenters. The van der Waals surface area contributed by atoms with Crippen LogP contribution in [0.1, 0.15) is 32.5 Å². The molecular weight excluding hydrogens is 216 g/mol. The predicted octanol–water partition coefficient (Wildman–Crippen LogP) is 1.93. The number of hydrogen-bond acceptors (Lipinski definition) is 4. The number of hydrogen-bond donors (Lipinski definition) is 1. The van der Waals surface area contributed by atoms with Gasteiger partial charge in [-0.25, -0.2) is 0 Å². The summed E-state index contributed by atoms with van der Waals surface area (Å²) < 4.78 is 4.73. The molecule has 0 aliphatic carbocycles. The molecule has 0 radical (unpaired) electrons. The van der Waals surface area contributed by atoms with Crippen LogP contribution in [0, 0.1) is 5.92 Å². The smallest absolute Gasteiger partial charge is 0.309 e. The molecule has 0 spiro atoms. The molecule has 1 aromatic heterocycles.